The van der Waals surface area contributed by atoms with E-state index in [2.05, 4.69) is 15.5 Å². The normalized spacial score (nSPS) is 10.7. The molecular weight excluding hydrogens is 376 g/mol. The first-order valence-corrected chi connectivity index (χ1v) is 9.78. The second-order valence-corrected chi connectivity index (χ2v) is 7.48. The Labute approximate surface area is 167 Å². The lowest BCUT2D eigenvalue weighted by Crippen LogP contribution is -2.35. The number of aryl methyl sites for hydroxylation is 2. The van der Waals surface area contributed by atoms with Crippen molar-refractivity contribution in [2.24, 2.45) is 0 Å². The van der Waals surface area contributed by atoms with Gasteiger partial charge >= 0.3 is 0 Å². The van der Waals surface area contributed by atoms with Gasteiger partial charge in [0, 0.05) is 25.6 Å². The van der Waals surface area contributed by atoms with Crippen molar-refractivity contribution in [3.63, 3.8) is 0 Å². The van der Waals surface area contributed by atoms with Crippen LogP contribution in [0.5, 0.6) is 0 Å². The Bertz CT molecular complexity index is 966. The van der Waals surface area contributed by atoms with Crippen LogP contribution in [0.1, 0.15) is 23.4 Å². The number of benzene rings is 1. The summed E-state index contributed by atoms with van der Waals surface area (Å²) in [5.74, 6) is 0.540. The van der Waals surface area contributed by atoms with Crippen molar-refractivity contribution in [2.45, 2.75) is 26.7 Å². The monoisotopic (exact) mass is 398 g/mol. The highest BCUT2D eigenvalue weighted by molar-refractivity contribution is 7.13. The smallest absolute Gasteiger partial charge is 0.243 e. The van der Waals surface area contributed by atoms with Crippen molar-refractivity contribution >= 4 is 28.8 Å². The SMILES string of the molecule is Cc1cccc(NC(=O)CN(C)C(=O)CCc2nc(-c3cccs3)no2)c1C. The minimum atomic E-state index is -0.234. The zero-order valence-electron chi connectivity index (χ0n) is 16.1. The molecule has 0 unspecified atom stereocenters. The molecule has 28 heavy (non-hydrogen) atoms. The highest BCUT2D eigenvalue weighted by Crippen LogP contribution is 2.21. The van der Waals surface area contributed by atoms with E-state index >= 15 is 0 Å². The summed E-state index contributed by atoms with van der Waals surface area (Å²) in [6, 6.07) is 9.55. The molecule has 3 aromatic rings. The predicted molar refractivity (Wildman–Crippen MR) is 108 cm³/mol. The zero-order chi connectivity index (χ0) is 20.1. The number of nitrogens with zero attached hydrogens (tertiary/aromatic N) is 3. The molecule has 0 fully saturated rings. The Balaban J connectivity index is 1.49. The molecule has 0 saturated carbocycles. The van der Waals surface area contributed by atoms with Gasteiger partial charge in [-0.25, -0.2) is 0 Å². The van der Waals surface area contributed by atoms with Gasteiger partial charge in [0.2, 0.25) is 23.5 Å². The summed E-state index contributed by atoms with van der Waals surface area (Å²) >= 11 is 1.52. The highest BCUT2D eigenvalue weighted by atomic mass is 32.1. The molecule has 2 heterocycles. The largest absolute Gasteiger partial charge is 0.339 e. The third-order valence-corrected chi connectivity index (χ3v) is 5.31. The molecule has 1 N–H and O–H groups in total. The molecule has 0 radical (unpaired) electrons. The van der Waals surface area contributed by atoms with Crippen LogP contribution in [0.4, 0.5) is 5.69 Å². The molecule has 0 saturated heterocycles. The van der Waals surface area contributed by atoms with Gasteiger partial charge in [0.15, 0.2) is 0 Å². The van der Waals surface area contributed by atoms with Crippen LogP contribution in [0.25, 0.3) is 10.7 Å². The van der Waals surface area contributed by atoms with Crippen molar-refractivity contribution in [1.82, 2.24) is 15.0 Å². The average Bonchev–Trinajstić information content (AvgIpc) is 3.34. The van der Waals surface area contributed by atoms with E-state index in [4.69, 9.17) is 4.52 Å². The lowest BCUT2D eigenvalue weighted by Gasteiger charge is -2.17. The molecule has 3 rings (SSSR count). The van der Waals surface area contributed by atoms with E-state index in [1.165, 1.54) is 16.2 Å². The minimum absolute atomic E-state index is 0.0174. The second-order valence-electron chi connectivity index (χ2n) is 6.53. The fraction of sp³-hybridized carbons (Fsp3) is 0.300. The Morgan fingerprint density at radius 2 is 2.04 bits per heavy atom. The molecule has 146 valence electrons. The number of thiophene rings is 1. The standard InChI is InChI=1S/C20H22N4O3S/c1-13-6-4-7-15(14(13)2)21-17(25)12-24(3)19(26)10-9-18-22-20(23-27-18)16-8-5-11-28-16/h4-8,11H,9-10,12H2,1-3H3,(H,21,25). The van der Waals surface area contributed by atoms with Crippen LogP contribution in [0.3, 0.4) is 0 Å². The molecule has 0 bridgehead atoms. The van der Waals surface area contributed by atoms with Gasteiger partial charge in [-0.05, 0) is 42.5 Å². The number of aromatic nitrogens is 2. The first-order chi connectivity index (χ1) is 13.4. The molecule has 0 aliphatic carbocycles. The molecule has 0 aliphatic rings. The van der Waals surface area contributed by atoms with E-state index in [1.54, 1.807) is 7.05 Å². The van der Waals surface area contributed by atoms with Crippen LogP contribution < -0.4 is 5.32 Å². The van der Waals surface area contributed by atoms with Crippen LogP contribution in [0, 0.1) is 13.8 Å². The Kier molecular flexibility index (Phi) is 6.20. The van der Waals surface area contributed by atoms with Gasteiger partial charge < -0.3 is 14.7 Å². The summed E-state index contributed by atoms with van der Waals surface area (Å²) in [6.07, 6.45) is 0.527. The zero-order valence-corrected chi connectivity index (χ0v) is 16.9. The molecule has 0 spiro atoms. The number of anilines is 1. The van der Waals surface area contributed by atoms with E-state index < -0.39 is 0 Å². The molecule has 2 amide bonds. The Morgan fingerprint density at radius 1 is 1.21 bits per heavy atom. The summed E-state index contributed by atoms with van der Waals surface area (Å²) in [5, 5.41) is 8.72. The summed E-state index contributed by atoms with van der Waals surface area (Å²) in [6.45, 7) is 3.92. The molecule has 0 atom stereocenters. The lowest BCUT2D eigenvalue weighted by molar-refractivity contribution is -0.133. The lowest BCUT2D eigenvalue weighted by atomic mass is 10.1. The Morgan fingerprint density at radius 3 is 2.79 bits per heavy atom. The number of nitrogens with one attached hydrogen (secondary N) is 1. The van der Waals surface area contributed by atoms with Crippen molar-refractivity contribution in [1.29, 1.82) is 0 Å². The minimum Gasteiger partial charge on any atom is -0.339 e. The van der Waals surface area contributed by atoms with Crippen LogP contribution in [-0.2, 0) is 16.0 Å². The quantitative estimate of drug-likeness (QED) is 0.659. The number of hydrogen-bond donors (Lipinski definition) is 1. The average molecular weight is 398 g/mol. The first-order valence-electron chi connectivity index (χ1n) is 8.90. The number of amides is 2. The van der Waals surface area contributed by atoms with Crippen molar-refractivity contribution < 1.29 is 14.1 Å². The van der Waals surface area contributed by atoms with Crippen molar-refractivity contribution in [2.75, 3.05) is 18.9 Å². The van der Waals surface area contributed by atoms with Crippen molar-refractivity contribution in [3.8, 4) is 10.7 Å². The summed E-state index contributed by atoms with van der Waals surface area (Å²) in [5.41, 5.74) is 2.88. The third kappa shape index (κ3) is 4.83. The maximum absolute atomic E-state index is 12.3. The Hall–Kier alpha value is -3.00. The van der Waals surface area contributed by atoms with E-state index in [-0.39, 0.29) is 24.8 Å². The highest BCUT2D eigenvalue weighted by Gasteiger charge is 2.16. The summed E-state index contributed by atoms with van der Waals surface area (Å²) < 4.78 is 5.20. The predicted octanol–water partition coefficient (Wildman–Crippen LogP) is 3.44. The van der Waals surface area contributed by atoms with Crippen LogP contribution in [0.2, 0.25) is 0 Å². The number of likely N-dealkylation sites (N-methyl/N-ethyl adjacent to an activating group) is 1. The van der Waals surface area contributed by atoms with Gasteiger partial charge in [0.1, 0.15) is 0 Å². The maximum Gasteiger partial charge on any atom is 0.243 e. The van der Waals surface area contributed by atoms with Crippen LogP contribution in [0.15, 0.2) is 40.2 Å². The summed E-state index contributed by atoms with van der Waals surface area (Å²) in [4.78, 5) is 31.2. The number of rotatable bonds is 7. The van der Waals surface area contributed by atoms with Gasteiger partial charge in [-0.3, -0.25) is 9.59 Å². The van der Waals surface area contributed by atoms with Crippen molar-refractivity contribution in [3.05, 3.63) is 52.7 Å². The van der Waals surface area contributed by atoms with Gasteiger partial charge in [-0.1, -0.05) is 23.4 Å². The second kappa shape index (κ2) is 8.79. The van der Waals surface area contributed by atoms with E-state index in [0.717, 1.165) is 21.7 Å². The van der Waals surface area contributed by atoms with Gasteiger partial charge in [0.25, 0.3) is 0 Å². The van der Waals surface area contributed by atoms with Gasteiger partial charge in [-0.2, -0.15) is 4.98 Å². The third-order valence-electron chi connectivity index (χ3n) is 4.45. The topological polar surface area (TPSA) is 88.3 Å². The van der Waals surface area contributed by atoms with E-state index in [0.29, 0.717) is 18.1 Å². The van der Waals surface area contributed by atoms with Crippen LogP contribution >= 0.6 is 11.3 Å². The van der Waals surface area contributed by atoms with Gasteiger partial charge in [-0.15, -0.1) is 11.3 Å². The van der Waals surface area contributed by atoms with E-state index in [9.17, 15) is 9.59 Å². The number of carbonyl (C=O) groups excluding carboxylic acids is 2. The number of hydrogen-bond acceptors (Lipinski definition) is 6. The first kappa shape index (κ1) is 19.8. The van der Waals surface area contributed by atoms with Crippen LogP contribution in [-0.4, -0.2) is 40.4 Å². The van der Waals surface area contributed by atoms with E-state index in [1.807, 2.05) is 49.6 Å². The molecule has 8 heteroatoms. The summed E-state index contributed by atoms with van der Waals surface area (Å²) in [7, 11) is 1.61. The molecule has 2 aromatic heterocycles. The maximum atomic E-state index is 12.3. The number of carbonyl (C=O) groups is 2. The van der Waals surface area contributed by atoms with Gasteiger partial charge in [0.05, 0.1) is 11.4 Å². The fourth-order valence-electron chi connectivity index (χ4n) is 2.65. The molecule has 1 aromatic carbocycles. The molecule has 7 nitrogen and oxygen atoms in total. The molecule has 0 aliphatic heterocycles. The molecular formula is C20H22N4O3S. The fourth-order valence-corrected chi connectivity index (χ4v) is 3.30.